The summed E-state index contributed by atoms with van der Waals surface area (Å²) in [6, 6.07) is 4.15. The summed E-state index contributed by atoms with van der Waals surface area (Å²) in [4.78, 5) is 36.2. The minimum atomic E-state index is -0.566. The molecule has 0 aliphatic rings. The van der Waals surface area contributed by atoms with Crippen molar-refractivity contribution in [2.24, 2.45) is 0 Å². The molecule has 0 atom stereocenters. The Bertz CT molecular complexity index is 626. The van der Waals surface area contributed by atoms with Crippen molar-refractivity contribution < 1.29 is 14.5 Å². The number of hydrogen-bond acceptors (Lipinski definition) is 4. The van der Waals surface area contributed by atoms with Gasteiger partial charge in [-0.25, -0.2) is 0 Å². The zero-order valence-corrected chi connectivity index (χ0v) is 15.1. The maximum atomic E-state index is 12.5. The van der Waals surface area contributed by atoms with E-state index < -0.39 is 16.4 Å². The van der Waals surface area contributed by atoms with Crippen molar-refractivity contribution in [2.75, 3.05) is 13.1 Å². The third-order valence-electron chi connectivity index (χ3n) is 2.91. The van der Waals surface area contributed by atoms with Gasteiger partial charge in [0.15, 0.2) is 0 Å². The molecule has 0 fully saturated rings. The molecule has 126 valence electrons. The normalized spacial score (nSPS) is 11.0. The average Bonchev–Trinajstić information content (AvgIpc) is 2.42. The Labute approximate surface area is 143 Å². The first-order valence-electron chi connectivity index (χ1n) is 7.09. The smallest absolute Gasteiger partial charge is 0.284 e. The van der Waals surface area contributed by atoms with Gasteiger partial charge in [0.05, 0.1) is 15.9 Å². The zero-order valence-electron chi connectivity index (χ0n) is 13.6. The number of nitro groups is 1. The van der Waals surface area contributed by atoms with Crippen molar-refractivity contribution in [1.29, 1.82) is 0 Å². The first kappa shape index (κ1) is 19.1. The quantitative estimate of drug-likeness (QED) is 0.622. The minimum absolute atomic E-state index is 0.101. The molecule has 2 amide bonds. The molecule has 0 saturated heterocycles. The van der Waals surface area contributed by atoms with Crippen molar-refractivity contribution >= 4 is 33.4 Å². The van der Waals surface area contributed by atoms with Crippen LogP contribution in [0.4, 0.5) is 5.69 Å². The molecule has 23 heavy (non-hydrogen) atoms. The van der Waals surface area contributed by atoms with Gasteiger partial charge in [0, 0.05) is 23.7 Å². The van der Waals surface area contributed by atoms with Crippen LogP contribution in [0.2, 0.25) is 0 Å². The number of benzene rings is 1. The molecular formula is C15H20BrN3O4. The van der Waals surface area contributed by atoms with E-state index in [0.717, 1.165) is 0 Å². The molecule has 0 radical (unpaired) electrons. The van der Waals surface area contributed by atoms with Crippen LogP contribution in [-0.2, 0) is 4.79 Å². The van der Waals surface area contributed by atoms with E-state index in [-0.39, 0.29) is 23.7 Å². The number of halogens is 1. The molecular weight excluding hydrogens is 366 g/mol. The highest BCUT2D eigenvalue weighted by atomic mass is 79.9. The first-order chi connectivity index (χ1) is 10.5. The van der Waals surface area contributed by atoms with Gasteiger partial charge in [-0.05, 0) is 55.8 Å². The summed E-state index contributed by atoms with van der Waals surface area (Å²) in [5.41, 5.74) is -0.410. The van der Waals surface area contributed by atoms with Gasteiger partial charge in [0.25, 0.3) is 11.6 Å². The van der Waals surface area contributed by atoms with Crippen LogP contribution >= 0.6 is 15.9 Å². The molecule has 8 heteroatoms. The highest BCUT2D eigenvalue weighted by molar-refractivity contribution is 9.10. The van der Waals surface area contributed by atoms with E-state index >= 15 is 0 Å². The van der Waals surface area contributed by atoms with Gasteiger partial charge in [-0.3, -0.25) is 19.7 Å². The van der Waals surface area contributed by atoms with Crippen LogP contribution < -0.4 is 5.32 Å². The number of rotatable bonds is 5. The Kier molecular flexibility index (Phi) is 6.26. The number of hydrogen-bond donors (Lipinski definition) is 1. The van der Waals surface area contributed by atoms with Crippen LogP contribution in [0.3, 0.4) is 0 Å². The number of amides is 2. The summed E-state index contributed by atoms with van der Waals surface area (Å²) in [5, 5.41) is 13.7. The Morgan fingerprint density at radius 1 is 1.35 bits per heavy atom. The lowest BCUT2D eigenvalue weighted by Gasteiger charge is -2.25. The van der Waals surface area contributed by atoms with E-state index in [1.807, 2.05) is 20.8 Å². The fourth-order valence-electron chi connectivity index (χ4n) is 1.93. The Morgan fingerprint density at radius 2 is 1.96 bits per heavy atom. The maximum Gasteiger partial charge on any atom is 0.284 e. The van der Waals surface area contributed by atoms with Crippen molar-refractivity contribution in [3.8, 4) is 0 Å². The highest BCUT2D eigenvalue weighted by Gasteiger charge is 2.22. The third-order valence-corrected chi connectivity index (χ3v) is 3.58. The summed E-state index contributed by atoms with van der Waals surface area (Å²) in [7, 11) is 0. The third kappa shape index (κ3) is 5.63. The number of likely N-dealkylation sites (N-methyl/N-ethyl adjacent to an activating group) is 1. The highest BCUT2D eigenvalue weighted by Crippen LogP contribution is 2.26. The monoisotopic (exact) mass is 385 g/mol. The molecule has 1 aromatic rings. The number of carbonyl (C=O) groups is 2. The van der Waals surface area contributed by atoms with Crippen LogP contribution in [0, 0.1) is 10.1 Å². The van der Waals surface area contributed by atoms with Gasteiger partial charge < -0.3 is 10.2 Å². The molecule has 1 N–H and O–H groups in total. The molecule has 1 aromatic carbocycles. The number of nitrogens with zero attached hydrogens (tertiary/aromatic N) is 2. The van der Waals surface area contributed by atoms with Crippen molar-refractivity contribution in [3.05, 3.63) is 38.3 Å². The second kappa shape index (κ2) is 7.54. The van der Waals surface area contributed by atoms with Gasteiger partial charge >= 0.3 is 0 Å². The van der Waals surface area contributed by atoms with E-state index in [1.54, 1.807) is 6.92 Å². The standard InChI is InChI=1S/C15H20BrN3O4/c1-5-18(9-13(20)17-15(2,3)4)14(21)10-6-7-11(16)12(8-10)19(22)23/h6-8H,5,9H2,1-4H3,(H,17,20). The number of nitrogens with one attached hydrogen (secondary N) is 1. The fourth-order valence-corrected chi connectivity index (χ4v) is 2.32. The van der Waals surface area contributed by atoms with E-state index in [4.69, 9.17) is 0 Å². The lowest BCUT2D eigenvalue weighted by Crippen LogP contribution is -2.47. The van der Waals surface area contributed by atoms with E-state index in [2.05, 4.69) is 21.2 Å². The van der Waals surface area contributed by atoms with E-state index in [0.29, 0.717) is 11.0 Å². The molecule has 0 aliphatic heterocycles. The first-order valence-corrected chi connectivity index (χ1v) is 7.88. The molecule has 0 aromatic heterocycles. The SMILES string of the molecule is CCN(CC(=O)NC(C)(C)C)C(=O)c1ccc(Br)c([N+](=O)[O-])c1. The summed E-state index contributed by atoms with van der Waals surface area (Å²) >= 11 is 3.08. The molecule has 0 aliphatic carbocycles. The molecule has 0 spiro atoms. The molecule has 1 rings (SSSR count). The predicted octanol–water partition coefficient (Wildman–Crippen LogP) is 2.73. The van der Waals surface area contributed by atoms with Gasteiger partial charge in [-0.15, -0.1) is 0 Å². The van der Waals surface area contributed by atoms with Gasteiger partial charge in [-0.2, -0.15) is 0 Å². The predicted molar refractivity (Wildman–Crippen MR) is 90.3 cm³/mol. The van der Waals surface area contributed by atoms with Crippen LogP contribution in [0.25, 0.3) is 0 Å². The van der Waals surface area contributed by atoms with Crippen molar-refractivity contribution in [3.63, 3.8) is 0 Å². The lowest BCUT2D eigenvalue weighted by molar-refractivity contribution is -0.385. The Hall–Kier alpha value is -1.96. The van der Waals surface area contributed by atoms with Crippen molar-refractivity contribution in [1.82, 2.24) is 10.2 Å². The summed E-state index contributed by atoms with van der Waals surface area (Å²) in [6.07, 6.45) is 0. The van der Waals surface area contributed by atoms with Crippen LogP contribution in [0.5, 0.6) is 0 Å². The number of carbonyl (C=O) groups excluding carboxylic acids is 2. The maximum absolute atomic E-state index is 12.5. The second-order valence-corrected chi connectivity index (χ2v) is 6.90. The molecule has 0 bridgehead atoms. The molecule has 0 unspecified atom stereocenters. The van der Waals surface area contributed by atoms with Crippen LogP contribution in [-0.4, -0.2) is 40.3 Å². The zero-order chi connectivity index (χ0) is 17.8. The van der Waals surface area contributed by atoms with Gasteiger partial charge in [0.1, 0.15) is 0 Å². The van der Waals surface area contributed by atoms with E-state index in [9.17, 15) is 19.7 Å². The molecule has 0 saturated carbocycles. The summed E-state index contributed by atoms with van der Waals surface area (Å²) in [6.45, 7) is 7.51. The minimum Gasteiger partial charge on any atom is -0.350 e. The fraction of sp³-hybridized carbons (Fsp3) is 0.467. The Morgan fingerprint density at radius 3 is 2.43 bits per heavy atom. The van der Waals surface area contributed by atoms with Gasteiger partial charge in [0.2, 0.25) is 5.91 Å². The molecule has 7 nitrogen and oxygen atoms in total. The summed E-state index contributed by atoms with van der Waals surface area (Å²) in [5.74, 6) is -0.702. The van der Waals surface area contributed by atoms with Crippen LogP contribution in [0.1, 0.15) is 38.1 Å². The average molecular weight is 386 g/mol. The summed E-state index contributed by atoms with van der Waals surface area (Å²) < 4.78 is 0.299. The van der Waals surface area contributed by atoms with E-state index in [1.165, 1.54) is 23.1 Å². The number of nitro benzene ring substituents is 1. The van der Waals surface area contributed by atoms with Crippen molar-refractivity contribution in [2.45, 2.75) is 33.2 Å². The lowest BCUT2D eigenvalue weighted by atomic mass is 10.1. The molecule has 0 heterocycles. The van der Waals surface area contributed by atoms with Gasteiger partial charge in [-0.1, -0.05) is 0 Å². The second-order valence-electron chi connectivity index (χ2n) is 6.04. The Balaban J connectivity index is 2.95. The topological polar surface area (TPSA) is 92.6 Å². The largest absolute Gasteiger partial charge is 0.350 e. The van der Waals surface area contributed by atoms with Crippen LogP contribution in [0.15, 0.2) is 22.7 Å².